The highest BCUT2D eigenvalue weighted by Crippen LogP contribution is 2.46. The molecule has 158 valence electrons. The Balaban J connectivity index is 1.23. The molecule has 1 saturated carbocycles. The van der Waals surface area contributed by atoms with Crippen LogP contribution in [0.15, 0.2) is 12.3 Å². The molecule has 0 bridgehead atoms. The molecule has 0 radical (unpaired) electrons. The predicted molar refractivity (Wildman–Crippen MR) is 113 cm³/mol. The lowest BCUT2D eigenvalue weighted by Gasteiger charge is -2.47. The third-order valence-corrected chi connectivity index (χ3v) is 8.40. The first-order valence-corrected chi connectivity index (χ1v) is 11.9. The SMILES string of the molecule is CCc1cc2c(s1)CCO[C@@]21CCN(Cc2cn(C[C@H]3C[C@H](O)C3)nn2)[C@@H](C)C1. The van der Waals surface area contributed by atoms with Crippen molar-refractivity contribution in [2.45, 2.75) is 83.2 Å². The Morgan fingerprint density at radius 1 is 1.38 bits per heavy atom. The van der Waals surface area contributed by atoms with Crippen LogP contribution in [0, 0.1) is 5.92 Å². The number of thiophene rings is 1. The summed E-state index contributed by atoms with van der Waals surface area (Å²) in [7, 11) is 0. The van der Waals surface area contributed by atoms with Gasteiger partial charge in [0.2, 0.25) is 0 Å². The van der Waals surface area contributed by atoms with E-state index in [0.717, 1.165) is 70.5 Å². The van der Waals surface area contributed by atoms with Gasteiger partial charge in [0, 0.05) is 48.0 Å². The zero-order valence-corrected chi connectivity index (χ0v) is 18.3. The number of nitrogens with zero attached hydrogens (tertiary/aromatic N) is 4. The number of ether oxygens (including phenoxy) is 1. The van der Waals surface area contributed by atoms with E-state index < -0.39 is 0 Å². The Morgan fingerprint density at radius 2 is 2.24 bits per heavy atom. The van der Waals surface area contributed by atoms with Crippen LogP contribution in [-0.2, 0) is 36.3 Å². The fourth-order valence-corrected chi connectivity index (χ4v) is 6.51. The van der Waals surface area contributed by atoms with Crippen molar-refractivity contribution in [2.75, 3.05) is 13.2 Å². The number of piperidine rings is 1. The summed E-state index contributed by atoms with van der Waals surface area (Å²) in [6.45, 7) is 8.17. The molecule has 0 amide bonds. The second kappa shape index (κ2) is 7.76. The minimum Gasteiger partial charge on any atom is -0.393 e. The summed E-state index contributed by atoms with van der Waals surface area (Å²) >= 11 is 1.99. The minimum atomic E-state index is -0.108. The summed E-state index contributed by atoms with van der Waals surface area (Å²) in [6.07, 6.45) is 8.06. The van der Waals surface area contributed by atoms with Gasteiger partial charge in [0.1, 0.15) is 0 Å². The monoisotopic (exact) mass is 416 g/mol. The number of aliphatic hydroxyl groups excluding tert-OH is 1. The van der Waals surface area contributed by atoms with Crippen molar-refractivity contribution in [1.82, 2.24) is 19.9 Å². The van der Waals surface area contributed by atoms with E-state index in [9.17, 15) is 5.11 Å². The van der Waals surface area contributed by atoms with Crippen LogP contribution in [0.25, 0.3) is 0 Å². The molecule has 7 heteroatoms. The van der Waals surface area contributed by atoms with Crippen LogP contribution in [0.4, 0.5) is 0 Å². The van der Waals surface area contributed by atoms with Crippen LogP contribution in [-0.4, -0.2) is 50.3 Å². The molecular weight excluding hydrogens is 384 g/mol. The predicted octanol–water partition coefficient (Wildman–Crippen LogP) is 3.13. The summed E-state index contributed by atoms with van der Waals surface area (Å²) < 4.78 is 8.42. The van der Waals surface area contributed by atoms with Crippen molar-refractivity contribution >= 4 is 11.3 Å². The maximum Gasteiger partial charge on any atom is 0.0969 e. The first-order valence-electron chi connectivity index (χ1n) is 11.1. The number of hydrogen-bond donors (Lipinski definition) is 1. The first kappa shape index (κ1) is 19.7. The van der Waals surface area contributed by atoms with Gasteiger partial charge in [-0.25, -0.2) is 0 Å². The Bertz CT molecular complexity index is 859. The lowest BCUT2D eigenvalue weighted by molar-refractivity contribution is -0.112. The van der Waals surface area contributed by atoms with Crippen molar-refractivity contribution in [2.24, 2.45) is 5.92 Å². The molecule has 1 aliphatic carbocycles. The molecule has 2 aromatic rings. The molecule has 2 atom stereocenters. The summed E-state index contributed by atoms with van der Waals surface area (Å²) in [5.41, 5.74) is 2.43. The van der Waals surface area contributed by atoms with Crippen LogP contribution in [0.5, 0.6) is 0 Å². The minimum absolute atomic E-state index is 0.0872. The zero-order chi connectivity index (χ0) is 20.0. The van der Waals surface area contributed by atoms with E-state index in [1.165, 1.54) is 10.4 Å². The molecule has 2 fully saturated rings. The number of aliphatic hydroxyl groups is 1. The molecule has 1 saturated heterocycles. The normalized spacial score (nSPS) is 32.3. The molecule has 5 rings (SSSR count). The van der Waals surface area contributed by atoms with E-state index in [-0.39, 0.29) is 11.7 Å². The zero-order valence-electron chi connectivity index (χ0n) is 17.5. The molecule has 1 spiro atoms. The largest absolute Gasteiger partial charge is 0.393 e. The summed E-state index contributed by atoms with van der Waals surface area (Å²) in [4.78, 5) is 5.57. The summed E-state index contributed by atoms with van der Waals surface area (Å²) in [5, 5.41) is 18.2. The quantitative estimate of drug-likeness (QED) is 0.811. The second-order valence-electron chi connectivity index (χ2n) is 9.19. The van der Waals surface area contributed by atoms with Gasteiger partial charge >= 0.3 is 0 Å². The molecule has 1 N–H and O–H groups in total. The molecule has 4 heterocycles. The standard InChI is InChI=1S/C22H32N4O2S/c1-3-19-10-20-21(29-19)4-7-28-22(20)5-6-25(15(2)11-22)13-17-14-26(24-23-17)12-16-8-18(27)9-16/h10,14-16,18,27H,3-9,11-13H2,1-2H3/t15-,16-,18-,22+/m0/s1. The van der Waals surface area contributed by atoms with Gasteiger partial charge in [0.15, 0.2) is 0 Å². The summed E-state index contributed by atoms with van der Waals surface area (Å²) in [5.74, 6) is 0.546. The van der Waals surface area contributed by atoms with E-state index in [1.807, 2.05) is 16.0 Å². The Morgan fingerprint density at radius 3 is 3.00 bits per heavy atom. The fourth-order valence-electron chi connectivity index (χ4n) is 5.33. The number of likely N-dealkylation sites (tertiary alicyclic amines) is 1. The molecule has 2 aliphatic heterocycles. The van der Waals surface area contributed by atoms with Crippen molar-refractivity contribution in [3.8, 4) is 0 Å². The highest BCUT2D eigenvalue weighted by atomic mass is 32.1. The van der Waals surface area contributed by atoms with Crippen molar-refractivity contribution in [3.05, 3.63) is 33.3 Å². The maximum absolute atomic E-state index is 9.47. The lowest BCUT2D eigenvalue weighted by Crippen LogP contribution is -2.50. The molecular formula is C22H32N4O2S. The van der Waals surface area contributed by atoms with E-state index in [0.29, 0.717) is 12.0 Å². The van der Waals surface area contributed by atoms with E-state index in [1.54, 1.807) is 4.88 Å². The van der Waals surface area contributed by atoms with Gasteiger partial charge in [-0.2, -0.15) is 0 Å². The average molecular weight is 417 g/mol. The number of rotatable bonds is 5. The Labute approximate surface area is 176 Å². The van der Waals surface area contributed by atoms with Gasteiger partial charge in [-0.1, -0.05) is 12.1 Å². The third-order valence-electron chi connectivity index (χ3n) is 7.07. The Kier molecular flexibility index (Phi) is 5.26. The van der Waals surface area contributed by atoms with Crippen LogP contribution in [0.3, 0.4) is 0 Å². The van der Waals surface area contributed by atoms with E-state index in [2.05, 4.69) is 41.3 Å². The highest BCUT2D eigenvalue weighted by Gasteiger charge is 2.44. The first-order chi connectivity index (χ1) is 14.0. The van der Waals surface area contributed by atoms with Gasteiger partial charge in [0.05, 0.1) is 24.0 Å². The van der Waals surface area contributed by atoms with Crippen LogP contribution < -0.4 is 0 Å². The lowest BCUT2D eigenvalue weighted by atomic mass is 9.79. The third kappa shape index (κ3) is 3.78. The molecule has 2 aromatic heterocycles. The van der Waals surface area contributed by atoms with E-state index in [4.69, 9.17) is 4.74 Å². The van der Waals surface area contributed by atoms with Crippen LogP contribution in [0.1, 0.15) is 60.5 Å². The van der Waals surface area contributed by atoms with Crippen LogP contribution >= 0.6 is 11.3 Å². The molecule has 3 aliphatic rings. The topological polar surface area (TPSA) is 63.4 Å². The van der Waals surface area contributed by atoms with Crippen LogP contribution in [0.2, 0.25) is 0 Å². The molecule has 6 nitrogen and oxygen atoms in total. The van der Waals surface area contributed by atoms with Gasteiger partial charge in [0.25, 0.3) is 0 Å². The van der Waals surface area contributed by atoms with Crippen molar-refractivity contribution in [3.63, 3.8) is 0 Å². The van der Waals surface area contributed by atoms with Gasteiger partial charge in [-0.05, 0) is 56.6 Å². The number of hydrogen-bond acceptors (Lipinski definition) is 6. The summed E-state index contributed by atoms with van der Waals surface area (Å²) in [6, 6.07) is 2.87. The van der Waals surface area contributed by atoms with Crippen molar-refractivity contribution in [1.29, 1.82) is 0 Å². The number of aryl methyl sites for hydroxylation is 1. The van der Waals surface area contributed by atoms with Crippen molar-refractivity contribution < 1.29 is 9.84 Å². The number of aromatic nitrogens is 3. The Hall–Kier alpha value is -1.28. The fraction of sp³-hybridized carbons (Fsp3) is 0.727. The average Bonchev–Trinajstić information content (AvgIpc) is 3.30. The van der Waals surface area contributed by atoms with E-state index >= 15 is 0 Å². The maximum atomic E-state index is 9.47. The van der Waals surface area contributed by atoms with Gasteiger partial charge < -0.3 is 9.84 Å². The highest BCUT2D eigenvalue weighted by molar-refractivity contribution is 7.12. The van der Waals surface area contributed by atoms with Gasteiger partial charge in [-0.15, -0.1) is 16.4 Å². The molecule has 29 heavy (non-hydrogen) atoms. The van der Waals surface area contributed by atoms with Gasteiger partial charge in [-0.3, -0.25) is 9.58 Å². The smallest absolute Gasteiger partial charge is 0.0969 e. The second-order valence-corrected chi connectivity index (χ2v) is 10.4. The number of fused-ring (bicyclic) bond motifs is 2. The molecule has 0 aromatic carbocycles. The molecule has 0 unspecified atom stereocenters.